The smallest absolute Gasteiger partial charge is 0.239 e. The van der Waals surface area contributed by atoms with Gasteiger partial charge in [-0.15, -0.1) is 0 Å². The molecular weight excluding hydrogens is 226 g/mol. The molecule has 0 saturated carbocycles. The first-order valence-corrected chi connectivity index (χ1v) is 5.84. The molecule has 16 heavy (non-hydrogen) atoms. The van der Waals surface area contributed by atoms with Crippen LogP contribution in [0.15, 0.2) is 6.20 Å². The first kappa shape index (κ1) is 13.0. The number of nitrogens with two attached hydrogens (primary N) is 1. The molecule has 0 aromatic carbocycles. The Bertz CT molecular complexity index is 331. The van der Waals surface area contributed by atoms with Crippen molar-refractivity contribution < 1.29 is 0 Å². The average Bonchev–Trinajstić information content (AvgIpc) is 2.32. The van der Waals surface area contributed by atoms with Crippen LogP contribution in [0, 0.1) is 0 Å². The fraction of sp³-hybridized carbons (Fsp3) is 0.600. The van der Waals surface area contributed by atoms with Crippen LogP contribution in [-0.4, -0.2) is 23.1 Å². The van der Waals surface area contributed by atoms with Gasteiger partial charge in [-0.2, -0.15) is 4.98 Å². The van der Waals surface area contributed by atoms with Crippen LogP contribution in [-0.2, 0) is 0 Å². The van der Waals surface area contributed by atoms with Crippen molar-refractivity contribution >= 4 is 23.4 Å². The summed E-state index contributed by atoms with van der Waals surface area (Å²) < 4.78 is 0. The molecule has 1 heterocycles. The van der Waals surface area contributed by atoms with Crippen molar-refractivity contribution in [1.82, 2.24) is 9.97 Å². The minimum absolute atomic E-state index is 0.384. The van der Waals surface area contributed by atoms with Crippen LogP contribution >= 0.6 is 11.6 Å². The Morgan fingerprint density at radius 3 is 2.81 bits per heavy atom. The Labute approximate surface area is 101 Å². The van der Waals surface area contributed by atoms with E-state index in [4.69, 9.17) is 17.4 Å². The van der Waals surface area contributed by atoms with Crippen molar-refractivity contribution in [3.8, 4) is 0 Å². The molecule has 0 unspecified atom stereocenters. The third-order valence-electron chi connectivity index (χ3n) is 2.32. The fourth-order valence-electron chi connectivity index (χ4n) is 1.41. The standard InChI is InChI=1S/C10H18ClN5/c1-3-5-6-16(4-2)9-8(11)7-13-10(14-9)15-12/h7H,3-6,12H2,1-2H3,(H,13,14,15). The molecule has 0 radical (unpaired) electrons. The zero-order valence-electron chi connectivity index (χ0n) is 9.70. The highest BCUT2D eigenvalue weighted by molar-refractivity contribution is 6.32. The predicted octanol–water partition coefficient (Wildman–Crippen LogP) is 2.04. The molecule has 90 valence electrons. The number of nitrogens with zero attached hydrogens (tertiary/aromatic N) is 3. The summed E-state index contributed by atoms with van der Waals surface area (Å²) in [4.78, 5) is 10.3. The number of rotatable bonds is 6. The number of halogens is 1. The van der Waals surface area contributed by atoms with E-state index in [1.54, 1.807) is 6.20 Å². The molecule has 0 atom stereocenters. The Balaban J connectivity index is 2.89. The number of hydrazine groups is 1. The van der Waals surface area contributed by atoms with E-state index < -0.39 is 0 Å². The van der Waals surface area contributed by atoms with Crippen molar-refractivity contribution in [1.29, 1.82) is 0 Å². The zero-order chi connectivity index (χ0) is 12.0. The molecule has 6 heteroatoms. The third kappa shape index (κ3) is 3.21. The Morgan fingerprint density at radius 2 is 2.25 bits per heavy atom. The lowest BCUT2D eigenvalue weighted by Crippen LogP contribution is -2.26. The SMILES string of the molecule is CCCCN(CC)c1nc(NN)ncc1Cl. The molecule has 0 aliphatic rings. The molecular formula is C10H18ClN5. The zero-order valence-corrected chi connectivity index (χ0v) is 10.5. The number of hydrogen-bond donors (Lipinski definition) is 2. The van der Waals surface area contributed by atoms with Gasteiger partial charge in [0.25, 0.3) is 0 Å². The number of aromatic nitrogens is 2. The quantitative estimate of drug-likeness (QED) is 0.591. The van der Waals surface area contributed by atoms with Crippen molar-refractivity contribution in [2.24, 2.45) is 5.84 Å². The van der Waals surface area contributed by atoms with E-state index >= 15 is 0 Å². The molecule has 3 N–H and O–H groups in total. The number of anilines is 2. The molecule has 0 saturated heterocycles. The van der Waals surface area contributed by atoms with Gasteiger partial charge in [0, 0.05) is 13.1 Å². The van der Waals surface area contributed by atoms with E-state index in [1.165, 1.54) is 0 Å². The molecule has 0 aliphatic heterocycles. The predicted molar refractivity (Wildman–Crippen MR) is 67.6 cm³/mol. The summed E-state index contributed by atoms with van der Waals surface area (Å²) in [6.07, 6.45) is 3.81. The summed E-state index contributed by atoms with van der Waals surface area (Å²) in [6.45, 7) is 6.03. The summed E-state index contributed by atoms with van der Waals surface area (Å²) in [5.41, 5.74) is 2.42. The summed E-state index contributed by atoms with van der Waals surface area (Å²) >= 11 is 6.07. The molecule has 5 nitrogen and oxygen atoms in total. The molecule has 0 spiro atoms. The van der Waals surface area contributed by atoms with Crippen LogP contribution < -0.4 is 16.2 Å². The van der Waals surface area contributed by atoms with Gasteiger partial charge in [-0.25, -0.2) is 10.8 Å². The summed E-state index contributed by atoms with van der Waals surface area (Å²) in [7, 11) is 0. The minimum Gasteiger partial charge on any atom is -0.355 e. The summed E-state index contributed by atoms with van der Waals surface area (Å²) in [6, 6.07) is 0. The van der Waals surface area contributed by atoms with Crippen LogP contribution in [0.1, 0.15) is 26.7 Å². The van der Waals surface area contributed by atoms with Gasteiger partial charge in [-0.05, 0) is 13.3 Å². The Morgan fingerprint density at radius 1 is 1.50 bits per heavy atom. The maximum atomic E-state index is 6.07. The largest absolute Gasteiger partial charge is 0.355 e. The topological polar surface area (TPSA) is 67.1 Å². The van der Waals surface area contributed by atoms with Gasteiger partial charge >= 0.3 is 0 Å². The van der Waals surface area contributed by atoms with Crippen LogP contribution in [0.25, 0.3) is 0 Å². The number of hydrogen-bond acceptors (Lipinski definition) is 5. The van der Waals surface area contributed by atoms with Gasteiger partial charge in [-0.1, -0.05) is 24.9 Å². The Kier molecular flexibility index (Phi) is 5.28. The lowest BCUT2D eigenvalue weighted by Gasteiger charge is -2.22. The van der Waals surface area contributed by atoms with Gasteiger partial charge in [0.05, 0.1) is 6.20 Å². The summed E-state index contributed by atoms with van der Waals surface area (Å²) in [5.74, 6) is 6.39. The number of unbranched alkanes of at least 4 members (excludes halogenated alkanes) is 1. The van der Waals surface area contributed by atoms with Crippen molar-refractivity contribution in [3.63, 3.8) is 0 Å². The second kappa shape index (κ2) is 6.50. The molecule has 1 aromatic heterocycles. The van der Waals surface area contributed by atoms with Crippen LogP contribution in [0.5, 0.6) is 0 Å². The van der Waals surface area contributed by atoms with Crippen LogP contribution in [0.3, 0.4) is 0 Å². The molecule has 0 aliphatic carbocycles. The number of nitrogens with one attached hydrogen (secondary N) is 1. The van der Waals surface area contributed by atoms with Crippen molar-refractivity contribution in [3.05, 3.63) is 11.2 Å². The van der Waals surface area contributed by atoms with Crippen LogP contribution in [0.2, 0.25) is 5.02 Å². The number of nitrogen functional groups attached to an aromatic ring is 1. The van der Waals surface area contributed by atoms with Crippen molar-refractivity contribution in [2.45, 2.75) is 26.7 Å². The lowest BCUT2D eigenvalue weighted by atomic mass is 10.3. The molecule has 1 aromatic rings. The molecule has 0 fully saturated rings. The first-order chi connectivity index (χ1) is 7.72. The minimum atomic E-state index is 0.384. The van der Waals surface area contributed by atoms with Crippen molar-refractivity contribution in [2.75, 3.05) is 23.4 Å². The monoisotopic (exact) mass is 243 g/mol. The van der Waals surface area contributed by atoms with E-state index in [1.807, 2.05) is 0 Å². The van der Waals surface area contributed by atoms with Gasteiger partial charge in [0.15, 0.2) is 5.82 Å². The van der Waals surface area contributed by atoms with Gasteiger partial charge in [0.1, 0.15) is 5.02 Å². The first-order valence-electron chi connectivity index (χ1n) is 5.47. The fourth-order valence-corrected chi connectivity index (χ4v) is 1.62. The molecule has 1 rings (SSSR count). The van der Waals surface area contributed by atoms with E-state index in [-0.39, 0.29) is 0 Å². The second-order valence-electron chi connectivity index (χ2n) is 3.44. The highest BCUT2D eigenvalue weighted by Gasteiger charge is 2.11. The lowest BCUT2D eigenvalue weighted by molar-refractivity contribution is 0.723. The summed E-state index contributed by atoms with van der Waals surface area (Å²) in [5, 5.41) is 0.553. The third-order valence-corrected chi connectivity index (χ3v) is 2.58. The van der Waals surface area contributed by atoms with E-state index in [0.29, 0.717) is 11.0 Å². The van der Waals surface area contributed by atoms with E-state index in [0.717, 1.165) is 31.7 Å². The maximum absolute atomic E-state index is 6.07. The van der Waals surface area contributed by atoms with Gasteiger partial charge in [0.2, 0.25) is 5.95 Å². The second-order valence-corrected chi connectivity index (χ2v) is 3.85. The Hall–Kier alpha value is -1.07. The molecule has 0 amide bonds. The molecule has 0 bridgehead atoms. The normalized spacial score (nSPS) is 10.2. The average molecular weight is 244 g/mol. The highest BCUT2D eigenvalue weighted by atomic mass is 35.5. The van der Waals surface area contributed by atoms with E-state index in [2.05, 4.69) is 34.1 Å². The maximum Gasteiger partial charge on any atom is 0.239 e. The van der Waals surface area contributed by atoms with E-state index in [9.17, 15) is 0 Å². The highest BCUT2D eigenvalue weighted by Crippen LogP contribution is 2.23. The van der Waals surface area contributed by atoms with Gasteiger partial charge in [-0.3, -0.25) is 5.43 Å². The van der Waals surface area contributed by atoms with Gasteiger partial charge < -0.3 is 4.90 Å². The van der Waals surface area contributed by atoms with Crippen LogP contribution in [0.4, 0.5) is 11.8 Å².